The van der Waals surface area contributed by atoms with Gasteiger partial charge in [0.2, 0.25) is 0 Å². The highest BCUT2D eigenvalue weighted by Crippen LogP contribution is 1.96. The Balaban J connectivity index is 2.45. The SMILES string of the molecule is [NH3+]C(=S)NCc1ccccc1. The molecule has 0 bridgehead atoms. The van der Waals surface area contributed by atoms with Crippen LogP contribution in [0.5, 0.6) is 0 Å². The molecule has 0 atom stereocenters. The molecule has 58 valence electrons. The van der Waals surface area contributed by atoms with Crippen molar-refractivity contribution in [1.29, 1.82) is 0 Å². The Morgan fingerprint density at radius 2 is 2.00 bits per heavy atom. The van der Waals surface area contributed by atoms with Crippen molar-refractivity contribution in [2.75, 3.05) is 0 Å². The molecular formula is C8H11N2S+. The molecule has 0 aliphatic rings. The van der Waals surface area contributed by atoms with Crippen LogP contribution in [-0.2, 0) is 6.54 Å². The number of benzene rings is 1. The van der Waals surface area contributed by atoms with Gasteiger partial charge in [-0.3, -0.25) is 0 Å². The highest BCUT2D eigenvalue weighted by Gasteiger charge is 1.91. The second-order valence-corrected chi connectivity index (χ2v) is 2.76. The summed E-state index contributed by atoms with van der Waals surface area (Å²) in [5.41, 5.74) is 4.79. The maximum Gasteiger partial charge on any atom is 0.265 e. The van der Waals surface area contributed by atoms with Crippen molar-refractivity contribution in [3.8, 4) is 0 Å². The second kappa shape index (κ2) is 4.05. The molecule has 0 fully saturated rings. The smallest absolute Gasteiger partial charge is 0.265 e. The highest BCUT2D eigenvalue weighted by atomic mass is 32.1. The van der Waals surface area contributed by atoms with E-state index >= 15 is 0 Å². The number of thiocarbonyl (C=S) groups is 1. The zero-order chi connectivity index (χ0) is 8.10. The van der Waals surface area contributed by atoms with Crippen LogP contribution in [-0.4, -0.2) is 5.11 Å². The molecule has 4 N–H and O–H groups in total. The number of quaternary nitrogens is 1. The maximum atomic E-state index is 4.77. The standard InChI is InChI=1S/C8H10N2S/c9-8(11)10-6-7-4-2-1-3-5-7/h1-5H,6H2,(H3,9,10,11)/p+1. The largest absolute Gasteiger partial charge is 0.328 e. The van der Waals surface area contributed by atoms with Crippen molar-refractivity contribution in [3.05, 3.63) is 35.9 Å². The van der Waals surface area contributed by atoms with Crippen LogP contribution < -0.4 is 11.1 Å². The summed E-state index contributed by atoms with van der Waals surface area (Å²) >= 11 is 4.77. The Kier molecular flexibility index (Phi) is 3.01. The van der Waals surface area contributed by atoms with E-state index in [4.69, 9.17) is 12.2 Å². The van der Waals surface area contributed by atoms with E-state index < -0.39 is 0 Å². The number of nitrogens with one attached hydrogen (secondary N) is 1. The van der Waals surface area contributed by atoms with Gasteiger partial charge in [-0.1, -0.05) is 30.3 Å². The molecule has 3 heteroatoms. The first-order chi connectivity index (χ1) is 5.29. The van der Waals surface area contributed by atoms with Crippen molar-refractivity contribution in [2.45, 2.75) is 6.54 Å². The van der Waals surface area contributed by atoms with Crippen LogP contribution in [0.4, 0.5) is 0 Å². The molecule has 0 heterocycles. The third kappa shape index (κ3) is 3.11. The lowest BCUT2D eigenvalue weighted by Gasteiger charge is -1.99. The minimum Gasteiger partial charge on any atom is -0.328 e. The van der Waals surface area contributed by atoms with Crippen LogP contribution >= 0.6 is 12.2 Å². The van der Waals surface area contributed by atoms with Crippen molar-refractivity contribution in [1.82, 2.24) is 5.32 Å². The summed E-state index contributed by atoms with van der Waals surface area (Å²) < 4.78 is 0. The number of rotatable bonds is 2. The number of hydrogen-bond donors (Lipinski definition) is 2. The van der Waals surface area contributed by atoms with Gasteiger partial charge >= 0.3 is 0 Å². The van der Waals surface area contributed by atoms with Crippen molar-refractivity contribution in [2.24, 2.45) is 0 Å². The Morgan fingerprint density at radius 1 is 1.36 bits per heavy atom. The Bertz CT molecular complexity index is 233. The molecule has 0 saturated carbocycles. The Morgan fingerprint density at radius 3 is 2.55 bits per heavy atom. The Labute approximate surface area is 71.4 Å². The van der Waals surface area contributed by atoms with Crippen LogP contribution in [0.1, 0.15) is 5.56 Å². The average Bonchev–Trinajstić information content (AvgIpc) is 2.03. The summed E-state index contributed by atoms with van der Waals surface area (Å²) in [5, 5.41) is 3.57. The quantitative estimate of drug-likeness (QED) is 0.622. The third-order valence-corrected chi connectivity index (χ3v) is 1.48. The van der Waals surface area contributed by atoms with E-state index in [2.05, 4.69) is 11.1 Å². The van der Waals surface area contributed by atoms with Gasteiger partial charge in [-0.05, 0) is 5.56 Å². The monoisotopic (exact) mass is 167 g/mol. The highest BCUT2D eigenvalue weighted by molar-refractivity contribution is 7.79. The first kappa shape index (κ1) is 8.17. The molecule has 0 aromatic heterocycles. The summed E-state index contributed by atoms with van der Waals surface area (Å²) in [6, 6.07) is 10.1. The summed E-state index contributed by atoms with van der Waals surface area (Å²) in [5.74, 6) is 0. The van der Waals surface area contributed by atoms with Crippen LogP contribution in [0.2, 0.25) is 0 Å². The van der Waals surface area contributed by atoms with E-state index in [-0.39, 0.29) is 0 Å². The van der Waals surface area contributed by atoms with E-state index in [0.29, 0.717) is 5.11 Å². The zero-order valence-electron chi connectivity index (χ0n) is 6.21. The molecule has 0 unspecified atom stereocenters. The second-order valence-electron chi connectivity index (χ2n) is 2.26. The molecule has 2 nitrogen and oxygen atoms in total. The van der Waals surface area contributed by atoms with Gasteiger partial charge in [0.25, 0.3) is 5.11 Å². The van der Waals surface area contributed by atoms with Crippen LogP contribution in [0.3, 0.4) is 0 Å². The van der Waals surface area contributed by atoms with Gasteiger partial charge in [0.15, 0.2) is 0 Å². The van der Waals surface area contributed by atoms with Gasteiger partial charge in [-0.25, -0.2) is 0 Å². The molecular weight excluding hydrogens is 156 g/mol. The lowest BCUT2D eigenvalue weighted by atomic mass is 10.2. The molecule has 1 aromatic carbocycles. The fourth-order valence-electron chi connectivity index (χ4n) is 0.797. The number of hydrogen-bond acceptors (Lipinski definition) is 1. The van der Waals surface area contributed by atoms with Crippen molar-refractivity contribution < 1.29 is 5.73 Å². The fourth-order valence-corrected chi connectivity index (χ4v) is 0.869. The Hall–Kier alpha value is -0.930. The zero-order valence-corrected chi connectivity index (χ0v) is 7.03. The first-order valence-corrected chi connectivity index (χ1v) is 3.83. The van der Waals surface area contributed by atoms with Crippen molar-refractivity contribution in [3.63, 3.8) is 0 Å². The fraction of sp³-hybridized carbons (Fsp3) is 0.125. The minimum absolute atomic E-state index is 0.592. The average molecular weight is 167 g/mol. The summed E-state index contributed by atoms with van der Waals surface area (Å²) in [6.45, 7) is 0.767. The summed E-state index contributed by atoms with van der Waals surface area (Å²) in [6.07, 6.45) is 0. The van der Waals surface area contributed by atoms with E-state index in [1.165, 1.54) is 5.56 Å². The lowest BCUT2D eigenvalue weighted by Crippen LogP contribution is -2.62. The molecule has 0 amide bonds. The van der Waals surface area contributed by atoms with Gasteiger partial charge in [0.1, 0.15) is 0 Å². The molecule has 1 aromatic rings. The van der Waals surface area contributed by atoms with Crippen molar-refractivity contribution >= 4 is 17.3 Å². The lowest BCUT2D eigenvalue weighted by molar-refractivity contribution is -0.215. The normalized spacial score (nSPS) is 9.18. The van der Waals surface area contributed by atoms with Crippen LogP contribution in [0, 0.1) is 0 Å². The van der Waals surface area contributed by atoms with Gasteiger partial charge < -0.3 is 11.1 Å². The molecule has 11 heavy (non-hydrogen) atoms. The third-order valence-electron chi connectivity index (χ3n) is 1.33. The van der Waals surface area contributed by atoms with Crippen LogP contribution in [0.15, 0.2) is 30.3 Å². The molecule has 0 spiro atoms. The van der Waals surface area contributed by atoms with Crippen LogP contribution in [0.25, 0.3) is 0 Å². The van der Waals surface area contributed by atoms with E-state index in [1.807, 2.05) is 30.3 Å². The topological polar surface area (TPSA) is 39.7 Å². The summed E-state index contributed by atoms with van der Waals surface area (Å²) in [7, 11) is 0. The molecule has 0 radical (unpaired) electrons. The maximum absolute atomic E-state index is 4.77. The predicted octanol–water partition coefficient (Wildman–Crippen LogP) is 0.303. The molecule has 0 saturated heterocycles. The van der Waals surface area contributed by atoms with Gasteiger partial charge in [-0.15, -0.1) is 0 Å². The van der Waals surface area contributed by atoms with E-state index in [0.717, 1.165) is 6.54 Å². The minimum atomic E-state index is 0.592. The molecule has 0 aliphatic heterocycles. The van der Waals surface area contributed by atoms with E-state index in [9.17, 15) is 0 Å². The van der Waals surface area contributed by atoms with Gasteiger partial charge in [-0.2, -0.15) is 0 Å². The molecule has 0 aliphatic carbocycles. The van der Waals surface area contributed by atoms with Gasteiger partial charge in [0, 0.05) is 18.8 Å². The van der Waals surface area contributed by atoms with Gasteiger partial charge in [0.05, 0.1) is 0 Å². The molecule has 1 rings (SSSR count). The first-order valence-electron chi connectivity index (χ1n) is 3.43. The van der Waals surface area contributed by atoms with E-state index in [1.54, 1.807) is 0 Å². The predicted molar refractivity (Wildman–Crippen MR) is 48.8 cm³/mol. The summed E-state index contributed by atoms with van der Waals surface area (Å²) in [4.78, 5) is 0.